The van der Waals surface area contributed by atoms with Gasteiger partial charge in [0.05, 0.1) is 12.8 Å². The van der Waals surface area contributed by atoms with Crippen LogP contribution in [0.4, 0.5) is 0 Å². The van der Waals surface area contributed by atoms with Crippen molar-refractivity contribution in [3.8, 4) is 0 Å². The van der Waals surface area contributed by atoms with Gasteiger partial charge in [-0.1, -0.05) is 6.07 Å². The molecule has 1 aliphatic carbocycles. The van der Waals surface area contributed by atoms with Gasteiger partial charge in [-0.3, -0.25) is 14.6 Å². The van der Waals surface area contributed by atoms with Crippen LogP contribution in [0, 0.1) is 5.92 Å². The predicted octanol–water partition coefficient (Wildman–Crippen LogP) is 2.34. The third-order valence-corrected chi connectivity index (χ3v) is 4.82. The molecule has 23 heavy (non-hydrogen) atoms. The van der Waals surface area contributed by atoms with E-state index in [9.17, 15) is 0 Å². The lowest BCUT2D eigenvalue weighted by Gasteiger charge is -2.33. The molecule has 2 aromatic heterocycles. The van der Waals surface area contributed by atoms with Crippen LogP contribution in [-0.2, 0) is 24.9 Å². The Morgan fingerprint density at radius 2 is 2.17 bits per heavy atom. The lowest BCUT2D eigenvalue weighted by Crippen LogP contribution is -2.35. The highest BCUT2D eigenvalue weighted by Gasteiger charge is 2.29. The van der Waals surface area contributed by atoms with Crippen LogP contribution in [0.15, 0.2) is 30.7 Å². The van der Waals surface area contributed by atoms with Crippen molar-refractivity contribution in [3.63, 3.8) is 0 Å². The average Bonchev–Trinajstić information content (AvgIpc) is 3.31. The quantitative estimate of drug-likeness (QED) is 0.821. The third kappa shape index (κ3) is 3.46. The number of nitrogens with zero attached hydrogens (tertiary/aromatic N) is 4. The van der Waals surface area contributed by atoms with Gasteiger partial charge in [-0.15, -0.1) is 0 Å². The zero-order valence-corrected chi connectivity index (χ0v) is 13.7. The van der Waals surface area contributed by atoms with Gasteiger partial charge in [-0.25, -0.2) is 0 Å². The number of aromatic nitrogens is 3. The van der Waals surface area contributed by atoms with Crippen LogP contribution >= 0.6 is 0 Å². The van der Waals surface area contributed by atoms with Crippen LogP contribution in [0.1, 0.15) is 35.6 Å². The number of pyridine rings is 1. The molecule has 4 rings (SSSR count). The lowest BCUT2D eigenvalue weighted by molar-refractivity contribution is 0.0869. The van der Waals surface area contributed by atoms with Crippen molar-refractivity contribution in [1.29, 1.82) is 0 Å². The van der Waals surface area contributed by atoms with E-state index in [2.05, 4.69) is 21.0 Å². The van der Waals surface area contributed by atoms with Crippen molar-refractivity contribution in [3.05, 3.63) is 47.5 Å². The first-order valence-corrected chi connectivity index (χ1v) is 8.49. The molecular formula is C18H24N4O. The van der Waals surface area contributed by atoms with E-state index >= 15 is 0 Å². The fraction of sp³-hybridized carbons (Fsp3) is 0.556. The van der Waals surface area contributed by atoms with E-state index in [1.54, 1.807) is 0 Å². The summed E-state index contributed by atoms with van der Waals surface area (Å²) < 4.78 is 8.03. The second-order valence-electron chi connectivity index (χ2n) is 6.89. The van der Waals surface area contributed by atoms with Crippen LogP contribution < -0.4 is 0 Å². The van der Waals surface area contributed by atoms with Gasteiger partial charge >= 0.3 is 0 Å². The lowest BCUT2D eigenvalue weighted by atomic mass is 9.96. The Hall–Kier alpha value is -1.72. The Labute approximate surface area is 137 Å². The van der Waals surface area contributed by atoms with E-state index in [1.807, 2.05) is 36.4 Å². The maximum absolute atomic E-state index is 6.00. The molecule has 0 aromatic carbocycles. The molecule has 122 valence electrons. The summed E-state index contributed by atoms with van der Waals surface area (Å²) in [5.41, 5.74) is 3.95. The molecule has 2 aromatic rings. The highest BCUT2D eigenvalue weighted by atomic mass is 16.5. The van der Waals surface area contributed by atoms with Crippen molar-refractivity contribution in [2.75, 3.05) is 19.8 Å². The molecule has 0 unspecified atom stereocenters. The van der Waals surface area contributed by atoms with E-state index < -0.39 is 0 Å². The molecule has 0 saturated heterocycles. The number of aryl methyl sites for hydroxylation is 1. The fourth-order valence-electron chi connectivity index (χ4n) is 3.51. The Balaban J connectivity index is 1.46. The third-order valence-electron chi connectivity index (χ3n) is 4.82. The minimum Gasteiger partial charge on any atom is -0.380 e. The van der Waals surface area contributed by atoms with E-state index in [1.165, 1.54) is 29.7 Å². The first-order valence-electron chi connectivity index (χ1n) is 8.49. The number of ether oxygens (including phenoxy) is 1. The maximum atomic E-state index is 6.00. The molecule has 5 heteroatoms. The van der Waals surface area contributed by atoms with Crippen LogP contribution in [0.25, 0.3) is 0 Å². The summed E-state index contributed by atoms with van der Waals surface area (Å²) in [6.45, 7) is 4.63. The summed E-state index contributed by atoms with van der Waals surface area (Å²) in [5.74, 6) is 1.22. The standard InChI is InChI=1S/C18H24N4O/c1-21-18-16(8-20-21)10-22(9-15-3-2-6-19-7-15)11-17(18)13-23-12-14-4-5-14/h2-3,6-8,14,17H,4-5,9-13H2,1H3/t17-/m1/s1. The molecule has 5 nitrogen and oxygen atoms in total. The number of hydrogen-bond donors (Lipinski definition) is 0. The topological polar surface area (TPSA) is 43.2 Å². The van der Waals surface area contributed by atoms with Gasteiger partial charge in [-0.2, -0.15) is 5.10 Å². The molecule has 3 heterocycles. The van der Waals surface area contributed by atoms with Crippen LogP contribution in [0.5, 0.6) is 0 Å². The van der Waals surface area contributed by atoms with E-state index in [-0.39, 0.29) is 0 Å². The molecule has 0 radical (unpaired) electrons. The van der Waals surface area contributed by atoms with Crippen molar-refractivity contribution >= 4 is 0 Å². The van der Waals surface area contributed by atoms with Gasteiger partial charge in [0.2, 0.25) is 0 Å². The first-order chi connectivity index (χ1) is 11.3. The van der Waals surface area contributed by atoms with E-state index in [0.717, 1.165) is 38.8 Å². The Bertz CT molecular complexity index is 650. The maximum Gasteiger partial charge on any atom is 0.0562 e. The summed E-state index contributed by atoms with van der Waals surface area (Å²) >= 11 is 0. The molecule has 0 N–H and O–H groups in total. The smallest absolute Gasteiger partial charge is 0.0562 e. The van der Waals surface area contributed by atoms with E-state index in [0.29, 0.717) is 5.92 Å². The zero-order valence-electron chi connectivity index (χ0n) is 13.7. The van der Waals surface area contributed by atoms with Gasteiger partial charge in [0.25, 0.3) is 0 Å². The monoisotopic (exact) mass is 312 g/mol. The molecule has 2 aliphatic rings. The molecule has 0 bridgehead atoms. The summed E-state index contributed by atoms with van der Waals surface area (Å²) in [5, 5.41) is 4.47. The second-order valence-corrected chi connectivity index (χ2v) is 6.89. The minimum absolute atomic E-state index is 0.404. The Morgan fingerprint density at radius 3 is 2.96 bits per heavy atom. The summed E-state index contributed by atoms with van der Waals surface area (Å²) in [6.07, 6.45) is 8.48. The highest BCUT2D eigenvalue weighted by molar-refractivity contribution is 5.25. The molecule has 1 aliphatic heterocycles. The Morgan fingerprint density at radius 1 is 1.26 bits per heavy atom. The molecule has 1 saturated carbocycles. The van der Waals surface area contributed by atoms with Crippen molar-refractivity contribution in [2.24, 2.45) is 13.0 Å². The second kappa shape index (κ2) is 6.42. The fourth-order valence-corrected chi connectivity index (χ4v) is 3.51. The molecule has 1 atom stereocenters. The van der Waals surface area contributed by atoms with Crippen LogP contribution in [0.2, 0.25) is 0 Å². The largest absolute Gasteiger partial charge is 0.380 e. The first kappa shape index (κ1) is 14.8. The average molecular weight is 312 g/mol. The summed E-state index contributed by atoms with van der Waals surface area (Å²) in [6, 6.07) is 4.15. The highest BCUT2D eigenvalue weighted by Crippen LogP contribution is 2.31. The zero-order chi connectivity index (χ0) is 15.6. The summed E-state index contributed by atoms with van der Waals surface area (Å²) in [4.78, 5) is 6.70. The SMILES string of the molecule is Cn1ncc2c1[C@@H](COCC1CC1)CN(Cc1cccnc1)C2. The normalized spacial score (nSPS) is 21.3. The number of rotatable bonds is 6. The molecular weight excluding hydrogens is 288 g/mol. The molecule has 0 amide bonds. The Kier molecular flexibility index (Phi) is 4.14. The van der Waals surface area contributed by atoms with Crippen LogP contribution in [-0.4, -0.2) is 39.4 Å². The van der Waals surface area contributed by atoms with Gasteiger partial charge in [0.1, 0.15) is 0 Å². The molecule has 0 spiro atoms. The minimum atomic E-state index is 0.404. The van der Waals surface area contributed by atoms with Gasteiger partial charge in [0, 0.05) is 62.9 Å². The predicted molar refractivity (Wildman–Crippen MR) is 87.8 cm³/mol. The molecule has 1 fully saturated rings. The van der Waals surface area contributed by atoms with Gasteiger partial charge in [-0.05, 0) is 30.4 Å². The van der Waals surface area contributed by atoms with Crippen molar-refractivity contribution in [1.82, 2.24) is 19.7 Å². The van der Waals surface area contributed by atoms with Gasteiger partial charge in [0.15, 0.2) is 0 Å². The number of hydrogen-bond acceptors (Lipinski definition) is 4. The van der Waals surface area contributed by atoms with Crippen molar-refractivity contribution in [2.45, 2.75) is 31.8 Å². The number of fused-ring (bicyclic) bond motifs is 1. The van der Waals surface area contributed by atoms with Crippen molar-refractivity contribution < 1.29 is 4.74 Å². The summed E-state index contributed by atoms with van der Waals surface area (Å²) in [7, 11) is 2.05. The van der Waals surface area contributed by atoms with E-state index in [4.69, 9.17) is 4.74 Å². The van der Waals surface area contributed by atoms with Crippen LogP contribution in [0.3, 0.4) is 0 Å². The van der Waals surface area contributed by atoms with Gasteiger partial charge < -0.3 is 4.74 Å².